The Kier molecular flexibility index (Phi) is 5.00. The van der Waals surface area contributed by atoms with E-state index in [-0.39, 0.29) is 0 Å². The van der Waals surface area contributed by atoms with Gasteiger partial charge < -0.3 is 13.9 Å². The van der Waals surface area contributed by atoms with E-state index in [4.69, 9.17) is 4.42 Å². The Labute approximate surface area is 259 Å². The van der Waals surface area contributed by atoms with Crippen LogP contribution in [0.4, 0.5) is 17.1 Å². The number of benzene rings is 7. The first-order chi connectivity index (χ1) is 22.3. The molecule has 0 bridgehead atoms. The first-order valence-corrected chi connectivity index (χ1v) is 15.4. The number of nitrogens with zero attached hydrogens (tertiary/aromatic N) is 2. The number of anilines is 3. The molecule has 0 saturated carbocycles. The minimum Gasteiger partial charge on any atom is -0.454 e. The highest BCUT2D eigenvalue weighted by atomic mass is 16.3. The summed E-state index contributed by atoms with van der Waals surface area (Å²) in [5.41, 5.74) is 13.4. The predicted molar refractivity (Wildman–Crippen MR) is 187 cm³/mol. The first-order valence-electron chi connectivity index (χ1n) is 15.4. The fraction of sp³-hybridized carbons (Fsp3) is 0. The molecule has 7 aromatic carbocycles. The lowest BCUT2D eigenvalue weighted by Gasteiger charge is -2.33. The van der Waals surface area contributed by atoms with E-state index >= 15 is 0 Å². The van der Waals surface area contributed by atoms with Crippen LogP contribution in [-0.2, 0) is 0 Å². The van der Waals surface area contributed by atoms with Gasteiger partial charge in [-0.15, -0.1) is 0 Å². The van der Waals surface area contributed by atoms with Gasteiger partial charge in [0.1, 0.15) is 5.58 Å². The molecular formula is C42H26N2O. The largest absolute Gasteiger partial charge is 0.454 e. The maximum absolute atomic E-state index is 6.62. The molecule has 2 aromatic heterocycles. The van der Waals surface area contributed by atoms with Crippen molar-refractivity contribution in [1.82, 2.24) is 4.57 Å². The molecule has 3 heteroatoms. The van der Waals surface area contributed by atoms with Crippen LogP contribution in [0.3, 0.4) is 0 Å². The Balaban J connectivity index is 1.31. The molecule has 0 spiro atoms. The molecule has 10 rings (SSSR count). The summed E-state index contributed by atoms with van der Waals surface area (Å²) in [6.45, 7) is 0. The highest BCUT2D eigenvalue weighted by molar-refractivity contribution is 6.24. The van der Waals surface area contributed by atoms with Gasteiger partial charge in [-0.1, -0.05) is 109 Å². The van der Waals surface area contributed by atoms with Gasteiger partial charge in [-0.05, 0) is 70.8 Å². The third-order valence-corrected chi connectivity index (χ3v) is 9.27. The third-order valence-electron chi connectivity index (χ3n) is 9.27. The normalized spacial score (nSPS) is 12.4. The van der Waals surface area contributed by atoms with Gasteiger partial charge >= 0.3 is 0 Å². The molecule has 0 amide bonds. The second kappa shape index (κ2) is 9.22. The van der Waals surface area contributed by atoms with Crippen LogP contribution in [0.2, 0.25) is 0 Å². The topological polar surface area (TPSA) is 21.3 Å². The van der Waals surface area contributed by atoms with E-state index in [9.17, 15) is 0 Å². The third kappa shape index (κ3) is 3.46. The number of rotatable bonds is 3. The Morgan fingerprint density at radius 2 is 0.956 bits per heavy atom. The molecule has 45 heavy (non-hydrogen) atoms. The molecule has 0 fully saturated rings. The minimum atomic E-state index is 0.912. The first kappa shape index (κ1) is 24.4. The van der Waals surface area contributed by atoms with Crippen LogP contribution in [0.15, 0.2) is 162 Å². The summed E-state index contributed by atoms with van der Waals surface area (Å²) in [7, 11) is 0. The van der Waals surface area contributed by atoms with Crippen molar-refractivity contribution in [3.8, 4) is 27.9 Å². The monoisotopic (exact) mass is 574 g/mol. The second-order valence-electron chi connectivity index (χ2n) is 11.8. The standard InChI is InChI=1S/C42H26N2O/c1-3-12-27(13-4-1)29-24-30(28-14-5-2-6-15-28)26-31(25-29)43-36-18-8-9-19-37(36)44-40-33(17-11-20-38(40)43)34-22-23-35-32-16-7-10-21-39(32)45-42(35)41(34)44/h1-26H. The van der Waals surface area contributed by atoms with Gasteiger partial charge in [0, 0.05) is 27.2 Å². The van der Waals surface area contributed by atoms with Crippen molar-refractivity contribution in [2.45, 2.75) is 0 Å². The van der Waals surface area contributed by atoms with E-state index in [1.54, 1.807) is 0 Å². The van der Waals surface area contributed by atoms with Gasteiger partial charge in [-0.3, -0.25) is 0 Å². The Bertz CT molecular complexity index is 2530. The maximum atomic E-state index is 6.62. The molecule has 3 nitrogen and oxygen atoms in total. The quantitative estimate of drug-likeness (QED) is 0.209. The molecule has 0 radical (unpaired) electrons. The van der Waals surface area contributed by atoms with Crippen LogP contribution < -0.4 is 4.90 Å². The summed E-state index contributed by atoms with van der Waals surface area (Å²) in [6, 6.07) is 56.5. The molecule has 0 N–H and O–H groups in total. The average Bonchev–Trinajstić information content (AvgIpc) is 3.66. The van der Waals surface area contributed by atoms with Crippen molar-refractivity contribution >= 4 is 60.8 Å². The number of aromatic nitrogens is 1. The van der Waals surface area contributed by atoms with E-state index in [0.29, 0.717) is 0 Å². The van der Waals surface area contributed by atoms with Crippen LogP contribution in [0.1, 0.15) is 0 Å². The number of hydrogen-bond donors (Lipinski definition) is 0. The van der Waals surface area contributed by atoms with E-state index in [2.05, 4.69) is 161 Å². The number of hydrogen-bond acceptors (Lipinski definition) is 2. The van der Waals surface area contributed by atoms with E-state index in [0.717, 1.165) is 50.2 Å². The highest BCUT2D eigenvalue weighted by Gasteiger charge is 2.30. The molecule has 1 aliphatic rings. The Hall–Kier alpha value is -6.06. The zero-order chi connectivity index (χ0) is 29.5. The van der Waals surface area contributed by atoms with Gasteiger partial charge in [0.15, 0.2) is 5.58 Å². The summed E-state index contributed by atoms with van der Waals surface area (Å²) >= 11 is 0. The lowest BCUT2D eigenvalue weighted by Crippen LogP contribution is -2.18. The maximum Gasteiger partial charge on any atom is 0.160 e. The van der Waals surface area contributed by atoms with Gasteiger partial charge in [0.05, 0.1) is 28.1 Å². The van der Waals surface area contributed by atoms with Gasteiger partial charge in [-0.25, -0.2) is 0 Å². The Morgan fingerprint density at radius 3 is 1.71 bits per heavy atom. The predicted octanol–water partition coefficient (Wildman–Crippen LogP) is 11.8. The molecule has 0 atom stereocenters. The summed E-state index contributed by atoms with van der Waals surface area (Å²) in [6.07, 6.45) is 0. The zero-order valence-electron chi connectivity index (χ0n) is 24.3. The minimum absolute atomic E-state index is 0.912. The molecular weight excluding hydrogens is 548 g/mol. The molecule has 9 aromatic rings. The van der Waals surface area contributed by atoms with Crippen LogP contribution >= 0.6 is 0 Å². The lowest BCUT2D eigenvalue weighted by atomic mass is 9.97. The molecule has 0 unspecified atom stereocenters. The second-order valence-corrected chi connectivity index (χ2v) is 11.8. The summed E-state index contributed by atoms with van der Waals surface area (Å²) in [5, 5.41) is 4.69. The summed E-state index contributed by atoms with van der Waals surface area (Å²) in [4.78, 5) is 2.44. The summed E-state index contributed by atoms with van der Waals surface area (Å²) in [5.74, 6) is 0. The average molecular weight is 575 g/mol. The number of fused-ring (bicyclic) bond motifs is 9. The fourth-order valence-electron chi connectivity index (χ4n) is 7.32. The van der Waals surface area contributed by atoms with Crippen molar-refractivity contribution in [1.29, 1.82) is 0 Å². The van der Waals surface area contributed by atoms with Crippen LogP contribution in [-0.4, -0.2) is 4.57 Å². The van der Waals surface area contributed by atoms with E-state index < -0.39 is 0 Å². The fourth-order valence-corrected chi connectivity index (χ4v) is 7.32. The molecule has 210 valence electrons. The van der Waals surface area contributed by atoms with Crippen LogP contribution in [0.5, 0.6) is 0 Å². The van der Waals surface area contributed by atoms with Crippen LogP contribution in [0.25, 0.3) is 71.7 Å². The smallest absolute Gasteiger partial charge is 0.160 e. The van der Waals surface area contributed by atoms with Crippen LogP contribution in [0, 0.1) is 0 Å². The SMILES string of the molecule is c1ccc(-c2cc(-c3ccccc3)cc(N3c4ccccc4-n4c5c3cccc5c3ccc5c6ccccc6oc5c34)c2)cc1. The molecule has 0 saturated heterocycles. The van der Waals surface area contributed by atoms with Crippen molar-refractivity contribution in [2.24, 2.45) is 0 Å². The van der Waals surface area contributed by atoms with E-state index in [1.807, 2.05) is 6.07 Å². The summed E-state index contributed by atoms with van der Waals surface area (Å²) < 4.78 is 9.05. The highest BCUT2D eigenvalue weighted by Crippen LogP contribution is 2.52. The van der Waals surface area contributed by atoms with Gasteiger partial charge in [-0.2, -0.15) is 0 Å². The number of furan rings is 1. The van der Waals surface area contributed by atoms with E-state index in [1.165, 1.54) is 38.5 Å². The Morgan fingerprint density at radius 1 is 0.378 bits per heavy atom. The van der Waals surface area contributed by atoms with Crippen molar-refractivity contribution in [2.75, 3.05) is 4.90 Å². The van der Waals surface area contributed by atoms with Gasteiger partial charge in [0.2, 0.25) is 0 Å². The van der Waals surface area contributed by atoms with Crippen molar-refractivity contribution in [3.63, 3.8) is 0 Å². The zero-order valence-corrected chi connectivity index (χ0v) is 24.3. The van der Waals surface area contributed by atoms with Crippen molar-refractivity contribution < 1.29 is 4.42 Å². The number of para-hydroxylation sites is 4. The lowest BCUT2D eigenvalue weighted by molar-refractivity contribution is 0.671. The molecule has 0 aliphatic carbocycles. The van der Waals surface area contributed by atoms with Gasteiger partial charge in [0.25, 0.3) is 0 Å². The molecule has 1 aliphatic heterocycles. The molecule has 3 heterocycles. The van der Waals surface area contributed by atoms with Crippen molar-refractivity contribution in [3.05, 3.63) is 158 Å².